The summed E-state index contributed by atoms with van der Waals surface area (Å²) in [5.74, 6) is -0.833. The number of carboxylic acid groups (broad SMARTS) is 1. The van der Waals surface area contributed by atoms with E-state index in [0.29, 0.717) is 17.8 Å². The number of carboxylic acids is 1. The first-order valence-corrected chi connectivity index (χ1v) is 10.3. The zero-order valence-corrected chi connectivity index (χ0v) is 17.6. The summed E-state index contributed by atoms with van der Waals surface area (Å²) in [5.41, 5.74) is 10.9. The van der Waals surface area contributed by atoms with Crippen molar-refractivity contribution < 1.29 is 9.90 Å². The third kappa shape index (κ3) is 4.23. The molecule has 0 unspecified atom stereocenters. The summed E-state index contributed by atoms with van der Waals surface area (Å²) in [4.78, 5) is 36.9. The first kappa shape index (κ1) is 21.3. The molecule has 3 aromatic heterocycles. The minimum absolute atomic E-state index is 0.202. The highest BCUT2D eigenvalue weighted by Gasteiger charge is 2.15. The van der Waals surface area contributed by atoms with Gasteiger partial charge in [-0.25, -0.2) is 9.97 Å². The minimum atomic E-state index is -0.833. The number of para-hydroxylation sites is 1. The van der Waals surface area contributed by atoms with Gasteiger partial charge in [-0.05, 0) is 37.6 Å². The molecule has 0 amide bonds. The fourth-order valence-electron chi connectivity index (χ4n) is 3.75. The van der Waals surface area contributed by atoms with Crippen molar-refractivity contribution in [3.8, 4) is 11.3 Å². The molecule has 0 saturated heterocycles. The first-order chi connectivity index (χ1) is 15.5. The number of aryl methyl sites for hydroxylation is 1. The molecule has 2 aromatic carbocycles. The van der Waals surface area contributed by atoms with Crippen LogP contribution in [-0.2, 0) is 11.3 Å². The smallest absolute Gasteiger partial charge is 0.300 e. The topological polar surface area (TPSA) is 143 Å². The van der Waals surface area contributed by atoms with Crippen molar-refractivity contribution in [2.75, 3.05) is 6.54 Å². The first-order valence-electron chi connectivity index (χ1n) is 10.3. The number of imidazole rings is 1. The number of carbonyl (C=O) groups is 1. The van der Waals surface area contributed by atoms with Gasteiger partial charge in [0, 0.05) is 36.1 Å². The maximum atomic E-state index is 12.8. The quantitative estimate of drug-likeness (QED) is 0.314. The zero-order chi connectivity index (χ0) is 22.7. The maximum Gasteiger partial charge on any atom is 0.300 e. The second-order valence-electron chi connectivity index (χ2n) is 7.47. The summed E-state index contributed by atoms with van der Waals surface area (Å²) in [6.07, 6.45) is 5.63. The highest BCUT2D eigenvalue weighted by Crippen LogP contribution is 2.29. The van der Waals surface area contributed by atoms with Gasteiger partial charge in [-0.1, -0.05) is 18.2 Å². The summed E-state index contributed by atoms with van der Waals surface area (Å²) in [7, 11) is 0. The Balaban J connectivity index is 0.000000567. The van der Waals surface area contributed by atoms with Crippen molar-refractivity contribution in [3.63, 3.8) is 0 Å². The highest BCUT2D eigenvalue weighted by molar-refractivity contribution is 5.97. The van der Waals surface area contributed by atoms with Crippen molar-refractivity contribution in [1.29, 1.82) is 0 Å². The Kier molecular flexibility index (Phi) is 6.00. The Hall–Kier alpha value is -3.98. The van der Waals surface area contributed by atoms with E-state index in [1.807, 2.05) is 36.5 Å². The molecule has 3 heterocycles. The standard InChI is InChI=1S/C21H20N6O.C2H4O2/c22-7-3-4-8-27-11-14(13-5-1-2-6-19(13)27)20-21(28)26-18-10-16-15(23-12-24-16)9-17(18)25-20;1-2(3)4/h1-2,5-6,9-12H,3-4,7-8,22H2,(H,23,24)(H,26,28);1H3,(H,3,4). The molecular weight excluding hydrogens is 408 g/mol. The third-order valence-electron chi connectivity index (χ3n) is 5.13. The van der Waals surface area contributed by atoms with Gasteiger partial charge in [0.25, 0.3) is 11.5 Å². The fraction of sp³-hybridized carbons (Fsp3) is 0.217. The Morgan fingerprint density at radius 2 is 1.91 bits per heavy atom. The van der Waals surface area contributed by atoms with Gasteiger partial charge in [0.2, 0.25) is 0 Å². The third-order valence-corrected chi connectivity index (χ3v) is 5.13. The van der Waals surface area contributed by atoms with Crippen LogP contribution in [0.1, 0.15) is 19.8 Å². The van der Waals surface area contributed by atoms with Crippen LogP contribution >= 0.6 is 0 Å². The van der Waals surface area contributed by atoms with Crippen LogP contribution in [0, 0.1) is 0 Å². The number of aromatic nitrogens is 5. The van der Waals surface area contributed by atoms with E-state index in [0.717, 1.165) is 59.3 Å². The molecule has 0 aliphatic heterocycles. The molecule has 0 spiro atoms. The number of unbranched alkanes of at least 4 members (excludes halogenated alkanes) is 1. The van der Waals surface area contributed by atoms with E-state index in [2.05, 4.69) is 25.6 Å². The Morgan fingerprint density at radius 1 is 1.16 bits per heavy atom. The van der Waals surface area contributed by atoms with E-state index < -0.39 is 5.97 Å². The predicted molar refractivity (Wildman–Crippen MR) is 125 cm³/mol. The van der Waals surface area contributed by atoms with E-state index in [1.54, 1.807) is 6.33 Å². The summed E-state index contributed by atoms with van der Waals surface area (Å²) >= 11 is 0. The van der Waals surface area contributed by atoms with E-state index in [9.17, 15) is 4.79 Å². The lowest BCUT2D eigenvalue weighted by molar-refractivity contribution is -0.134. The molecule has 0 aliphatic rings. The van der Waals surface area contributed by atoms with E-state index >= 15 is 0 Å². The summed E-state index contributed by atoms with van der Waals surface area (Å²) in [6, 6.07) is 11.9. The van der Waals surface area contributed by atoms with Crippen molar-refractivity contribution in [1.82, 2.24) is 24.5 Å². The van der Waals surface area contributed by atoms with Crippen LogP contribution in [0.15, 0.2) is 53.7 Å². The Morgan fingerprint density at radius 3 is 2.69 bits per heavy atom. The lowest BCUT2D eigenvalue weighted by atomic mass is 10.1. The fourth-order valence-corrected chi connectivity index (χ4v) is 3.75. The lowest BCUT2D eigenvalue weighted by Crippen LogP contribution is -2.11. The van der Waals surface area contributed by atoms with Crippen molar-refractivity contribution in [2.24, 2.45) is 5.73 Å². The number of hydrogen-bond donors (Lipinski definition) is 4. The molecule has 9 heteroatoms. The van der Waals surface area contributed by atoms with Crippen LogP contribution < -0.4 is 11.3 Å². The normalized spacial score (nSPS) is 11.1. The number of nitrogens with two attached hydrogens (primary N) is 1. The molecule has 9 nitrogen and oxygen atoms in total. The minimum Gasteiger partial charge on any atom is -0.481 e. The van der Waals surface area contributed by atoms with Crippen LogP contribution in [0.25, 0.3) is 44.2 Å². The number of rotatable bonds is 5. The van der Waals surface area contributed by atoms with Crippen molar-refractivity contribution >= 4 is 38.9 Å². The molecule has 164 valence electrons. The number of nitrogens with one attached hydrogen (secondary N) is 2. The molecule has 0 saturated carbocycles. The maximum absolute atomic E-state index is 12.8. The number of H-pyrrole nitrogens is 2. The van der Waals surface area contributed by atoms with Crippen molar-refractivity contribution in [3.05, 3.63) is 59.3 Å². The molecular formula is C23H24N6O3. The number of aromatic amines is 2. The van der Waals surface area contributed by atoms with Gasteiger partial charge in [0.15, 0.2) is 0 Å². The second kappa shape index (κ2) is 9.03. The van der Waals surface area contributed by atoms with Crippen molar-refractivity contribution in [2.45, 2.75) is 26.3 Å². The van der Waals surface area contributed by atoms with E-state index in [1.165, 1.54) is 0 Å². The zero-order valence-electron chi connectivity index (χ0n) is 17.6. The number of fused-ring (bicyclic) bond motifs is 3. The van der Waals surface area contributed by atoms with Gasteiger partial charge in [-0.3, -0.25) is 9.59 Å². The number of hydrogen-bond acceptors (Lipinski definition) is 5. The summed E-state index contributed by atoms with van der Waals surface area (Å²) in [6.45, 7) is 2.62. The molecule has 0 atom stereocenters. The molecule has 0 radical (unpaired) electrons. The second-order valence-corrected chi connectivity index (χ2v) is 7.47. The van der Waals surface area contributed by atoms with Crippen LogP contribution in [-0.4, -0.2) is 42.1 Å². The highest BCUT2D eigenvalue weighted by atomic mass is 16.4. The molecule has 0 bridgehead atoms. The largest absolute Gasteiger partial charge is 0.481 e. The Bertz CT molecular complexity index is 1460. The van der Waals surface area contributed by atoms with Crippen LogP contribution in [0.4, 0.5) is 0 Å². The van der Waals surface area contributed by atoms with Crippen LogP contribution in [0.2, 0.25) is 0 Å². The molecule has 5 N–H and O–H groups in total. The lowest BCUT2D eigenvalue weighted by Gasteiger charge is -2.03. The van der Waals surface area contributed by atoms with Gasteiger partial charge >= 0.3 is 0 Å². The van der Waals surface area contributed by atoms with Gasteiger partial charge in [0.05, 0.1) is 28.4 Å². The number of benzene rings is 2. The molecule has 0 fully saturated rings. The average molecular weight is 432 g/mol. The Labute approximate surface area is 182 Å². The predicted octanol–water partition coefficient (Wildman–Crippen LogP) is 3.25. The van der Waals surface area contributed by atoms with E-state index in [-0.39, 0.29) is 5.56 Å². The number of nitrogens with zero attached hydrogens (tertiary/aromatic N) is 3. The van der Waals surface area contributed by atoms with Crippen LogP contribution in [0.3, 0.4) is 0 Å². The average Bonchev–Trinajstić information content (AvgIpc) is 3.36. The summed E-state index contributed by atoms with van der Waals surface area (Å²) in [5, 5.41) is 8.44. The summed E-state index contributed by atoms with van der Waals surface area (Å²) < 4.78 is 2.18. The molecule has 5 aromatic rings. The van der Waals surface area contributed by atoms with Gasteiger partial charge in [-0.2, -0.15) is 0 Å². The SMILES string of the molecule is CC(=O)O.NCCCCn1cc(-c2nc3cc4[nH]cnc4cc3[nH]c2=O)c2ccccc21. The molecule has 5 rings (SSSR count). The number of aliphatic carboxylic acids is 1. The molecule has 32 heavy (non-hydrogen) atoms. The van der Waals surface area contributed by atoms with Gasteiger partial charge in [-0.15, -0.1) is 0 Å². The van der Waals surface area contributed by atoms with E-state index in [4.69, 9.17) is 20.6 Å². The van der Waals surface area contributed by atoms with Gasteiger partial charge in [0.1, 0.15) is 5.69 Å². The van der Waals surface area contributed by atoms with Gasteiger partial charge < -0.3 is 25.4 Å². The van der Waals surface area contributed by atoms with Crippen LogP contribution in [0.5, 0.6) is 0 Å². The monoisotopic (exact) mass is 432 g/mol. The molecule has 0 aliphatic carbocycles.